The van der Waals surface area contributed by atoms with E-state index in [0.717, 1.165) is 33.5 Å². The number of hydrogen-bond acceptors (Lipinski definition) is 4. The fourth-order valence-corrected chi connectivity index (χ4v) is 4.02. The quantitative estimate of drug-likeness (QED) is 0.692. The first-order valence-corrected chi connectivity index (χ1v) is 9.66. The Morgan fingerprint density at radius 1 is 1.00 bits per heavy atom. The third kappa shape index (κ3) is 3.42. The summed E-state index contributed by atoms with van der Waals surface area (Å²) >= 11 is 0. The Kier molecular flexibility index (Phi) is 4.39. The highest BCUT2D eigenvalue weighted by atomic mass is 19.1. The lowest BCUT2D eigenvalue weighted by molar-refractivity contribution is -0.131. The average molecular weight is 386 g/mol. The van der Waals surface area contributed by atoms with Gasteiger partial charge in [-0.2, -0.15) is 10.2 Å². The maximum atomic E-state index is 13.1. The molecule has 0 radical (unpaired) electrons. The molecule has 6 heteroatoms. The number of carbonyl (C=O) groups excluding carboxylic acids is 1. The zero-order valence-electron chi connectivity index (χ0n) is 15.8. The SMILES string of the molecule is O=C1Cc2cc3c(cc2CN1CCc1ccc(F)cc1)C(c1ccnnc1)=NC3. The molecule has 2 aromatic carbocycles. The van der Waals surface area contributed by atoms with Crippen molar-refractivity contribution in [2.45, 2.75) is 25.9 Å². The Morgan fingerprint density at radius 3 is 2.66 bits per heavy atom. The van der Waals surface area contributed by atoms with E-state index in [0.29, 0.717) is 32.5 Å². The smallest absolute Gasteiger partial charge is 0.227 e. The van der Waals surface area contributed by atoms with Crippen LogP contribution in [0.25, 0.3) is 0 Å². The van der Waals surface area contributed by atoms with Crippen LogP contribution in [0.4, 0.5) is 4.39 Å². The van der Waals surface area contributed by atoms with Gasteiger partial charge in [-0.25, -0.2) is 4.39 Å². The lowest BCUT2D eigenvalue weighted by Gasteiger charge is -2.29. The monoisotopic (exact) mass is 386 g/mol. The second kappa shape index (κ2) is 7.20. The maximum absolute atomic E-state index is 13.1. The predicted octanol–water partition coefficient (Wildman–Crippen LogP) is 3.09. The van der Waals surface area contributed by atoms with Crippen LogP contribution < -0.4 is 0 Å². The zero-order chi connectivity index (χ0) is 19.8. The highest BCUT2D eigenvalue weighted by molar-refractivity contribution is 6.15. The number of hydrogen-bond donors (Lipinski definition) is 0. The van der Waals surface area contributed by atoms with Crippen LogP contribution in [0.2, 0.25) is 0 Å². The molecule has 5 nitrogen and oxygen atoms in total. The molecule has 3 aromatic rings. The van der Waals surface area contributed by atoms with Crippen LogP contribution >= 0.6 is 0 Å². The number of halogens is 1. The Hall–Kier alpha value is -3.41. The molecule has 29 heavy (non-hydrogen) atoms. The predicted molar refractivity (Wildman–Crippen MR) is 107 cm³/mol. The largest absolute Gasteiger partial charge is 0.338 e. The molecule has 1 aromatic heterocycles. The van der Waals surface area contributed by atoms with Crippen LogP contribution in [0.5, 0.6) is 0 Å². The number of aromatic nitrogens is 2. The van der Waals surface area contributed by atoms with Gasteiger partial charge >= 0.3 is 0 Å². The summed E-state index contributed by atoms with van der Waals surface area (Å²) in [4.78, 5) is 19.2. The van der Waals surface area contributed by atoms with Gasteiger partial charge in [-0.3, -0.25) is 9.79 Å². The fourth-order valence-electron chi connectivity index (χ4n) is 4.02. The van der Waals surface area contributed by atoms with Gasteiger partial charge in [0.25, 0.3) is 0 Å². The van der Waals surface area contributed by atoms with Crippen LogP contribution in [0.1, 0.15) is 33.4 Å². The van der Waals surface area contributed by atoms with Crippen molar-refractivity contribution in [3.63, 3.8) is 0 Å². The van der Waals surface area contributed by atoms with E-state index in [1.165, 1.54) is 17.7 Å². The summed E-state index contributed by atoms with van der Waals surface area (Å²) < 4.78 is 13.1. The minimum absolute atomic E-state index is 0.136. The van der Waals surface area contributed by atoms with Crippen molar-refractivity contribution < 1.29 is 9.18 Å². The topological polar surface area (TPSA) is 58.5 Å². The number of nitrogens with zero attached hydrogens (tertiary/aromatic N) is 4. The van der Waals surface area contributed by atoms with E-state index >= 15 is 0 Å². The number of amides is 1. The Morgan fingerprint density at radius 2 is 1.86 bits per heavy atom. The lowest BCUT2D eigenvalue weighted by Crippen LogP contribution is -2.37. The molecule has 0 bridgehead atoms. The molecule has 2 aliphatic rings. The summed E-state index contributed by atoms with van der Waals surface area (Å²) in [7, 11) is 0. The number of benzene rings is 2. The molecule has 0 N–H and O–H groups in total. The van der Waals surface area contributed by atoms with Crippen molar-refractivity contribution in [1.82, 2.24) is 15.1 Å². The molecule has 144 valence electrons. The van der Waals surface area contributed by atoms with E-state index in [1.807, 2.05) is 11.0 Å². The molecule has 0 spiro atoms. The second-order valence-corrected chi connectivity index (χ2v) is 7.44. The summed E-state index contributed by atoms with van der Waals surface area (Å²) in [6.07, 6.45) is 4.52. The molecule has 5 rings (SSSR count). The molecular formula is C23H19FN4O. The van der Waals surface area contributed by atoms with Crippen LogP contribution in [-0.4, -0.2) is 33.3 Å². The van der Waals surface area contributed by atoms with Gasteiger partial charge in [0.1, 0.15) is 5.82 Å². The molecule has 3 heterocycles. The van der Waals surface area contributed by atoms with E-state index in [2.05, 4.69) is 27.3 Å². The first kappa shape index (κ1) is 17.7. The number of carbonyl (C=O) groups is 1. The molecule has 2 aliphatic heterocycles. The summed E-state index contributed by atoms with van der Waals surface area (Å²) in [5.74, 6) is -0.107. The van der Waals surface area contributed by atoms with E-state index in [4.69, 9.17) is 0 Å². The maximum Gasteiger partial charge on any atom is 0.227 e. The van der Waals surface area contributed by atoms with Crippen LogP contribution in [-0.2, 0) is 30.7 Å². The Labute approximate surface area is 167 Å². The molecule has 0 aliphatic carbocycles. The summed E-state index contributed by atoms with van der Waals surface area (Å²) in [6.45, 7) is 1.84. The van der Waals surface area contributed by atoms with E-state index in [9.17, 15) is 9.18 Å². The summed E-state index contributed by atoms with van der Waals surface area (Å²) in [5.41, 5.74) is 7.45. The van der Waals surface area contributed by atoms with Crippen molar-refractivity contribution in [2.24, 2.45) is 4.99 Å². The van der Waals surface area contributed by atoms with Gasteiger partial charge in [0.2, 0.25) is 5.91 Å². The molecule has 0 unspecified atom stereocenters. The van der Waals surface area contributed by atoms with Crippen molar-refractivity contribution >= 4 is 11.6 Å². The third-order valence-corrected chi connectivity index (χ3v) is 5.58. The molecule has 0 saturated heterocycles. The van der Waals surface area contributed by atoms with Crippen molar-refractivity contribution in [3.8, 4) is 0 Å². The first-order chi connectivity index (χ1) is 14.2. The summed E-state index contributed by atoms with van der Waals surface area (Å²) in [6, 6.07) is 12.7. The molecule has 1 amide bonds. The van der Waals surface area contributed by atoms with Gasteiger partial charge < -0.3 is 4.90 Å². The standard InChI is InChI=1S/C23H19FN4O/c24-20-3-1-15(2-4-20)6-8-28-14-19-10-21-18(9-17(19)11-22(28)29)12-25-23(21)16-5-7-26-27-13-16/h1-5,7,9-10,13H,6,8,11-12,14H2. The Balaban J connectivity index is 1.37. The van der Waals surface area contributed by atoms with Gasteiger partial charge in [-0.05, 0) is 52.9 Å². The van der Waals surface area contributed by atoms with E-state index in [1.54, 1.807) is 24.5 Å². The van der Waals surface area contributed by atoms with Gasteiger partial charge in [-0.15, -0.1) is 0 Å². The van der Waals surface area contributed by atoms with E-state index in [-0.39, 0.29) is 11.7 Å². The van der Waals surface area contributed by atoms with Crippen molar-refractivity contribution in [3.05, 3.63) is 94.1 Å². The Bertz CT molecular complexity index is 1110. The minimum atomic E-state index is -0.243. The van der Waals surface area contributed by atoms with Crippen molar-refractivity contribution in [2.75, 3.05) is 6.54 Å². The lowest BCUT2D eigenvalue weighted by atomic mass is 9.91. The zero-order valence-corrected chi connectivity index (χ0v) is 15.8. The first-order valence-electron chi connectivity index (χ1n) is 9.66. The van der Waals surface area contributed by atoms with Crippen LogP contribution in [0, 0.1) is 5.82 Å². The minimum Gasteiger partial charge on any atom is -0.338 e. The third-order valence-electron chi connectivity index (χ3n) is 5.58. The van der Waals surface area contributed by atoms with Gasteiger partial charge in [0.05, 0.1) is 31.1 Å². The van der Waals surface area contributed by atoms with E-state index < -0.39 is 0 Å². The highest BCUT2D eigenvalue weighted by Crippen LogP contribution is 2.29. The highest BCUT2D eigenvalue weighted by Gasteiger charge is 2.27. The number of aliphatic imine (C=N–C) groups is 1. The molecule has 0 saturated carbocycles. The van der Waals surface area contributed by atoms with Gasteiger partial charge in [0, 0.05) is 24.2 Å². The molecule has 0 atom stereocenters. The van der Waals surface area contributed by atoms with Crippen LogP contribution in [0.15, 0.2) is 59.9 Å². The van der Waals surface area contributed by atoms with Crippen LogP contribution in [0.3, 0.4) is 0 Å². The molecular weight excluding hydrogens is 367 g/mol. The molecule has 0 fully saturated rings. The number of fused-ring (bicyclic) bond motifs is 2. The van der Waals surface area contributed by atoms with Gasteiger partial charge in [-0.1, -0.05) is 18.2 Å². The van der Waals surface area contributed by atoms with Gasteiger partial charge in [0.15, 0.2) is 0 Å². The fraction of sp³-hybridized carbons (Fsp3) is 0.217. The van der Waals surface area contributed by atoms with Crippen molar-refractivity contribution in [1.29, 1.82) is 0 Å². The second-order valence-electron chi connectivity index (χ2n) is 7.44. The average Bonchev–Trinajstić information content (AvgIpc) is 3.15. The number of rotatable bonds is 4. The summed E-state index contributed by atoms with van der Waals surface area (Å²) in [5, 5.41) is 7.80. The normalized spacial score (nSPS) is 15.1.